The molecule has 5 rings (SSSR count). The molecule has 4 heterocycles. The predicted octanol–water partition coefficient (Wildman–Crippen LogP) is 2.19. The van der Waals surface area contributed by atoms with Crippen LogP contribution in [0.3, 0.4) is 0 Å². The number of hydrogen-bond acceptors (Lipinski definition) is 5. The topological polar surface area (TPSA) is 65.9 Å². The summed E-state index contributed by atoms with van der Waals surface area (Å²) in [4.78, 5) is 21.5. The Morgan fingerprint density at radius 1 is 1.11 bits per heavy atom. The minimum absolute atomic E-state index is 0.00876. The van der Waals surface area contributed by atoms with E-state index in [1.54, 1.807) is 24.5 Å². The van der Waals surface area contributed by atoms with E-state index < -0.39 is 0 Å². The van der Waals surface area contributed by atoms with E-state index in [0.717, 1.165) is 43.9 Å². The van der Waals surface area contributed by atoms with Crippen molar-refractivity contribution in [2.24, 2.45) is 5.92 Å². The number of aliphatic hydroxyl groups is 1. The third kappa shape index (κ3) is 4.18. The fraction of sp³-hybridized carbons (Fsp3) is 0.455. The van der Waals surface area contributed by atoms with Crippen molar-refractivity contribution in [1.82, 2.24) is 14.8 Å². The van der Waals surface area contributed by atoms with Gasteiger partial charge in [0.2, 0.25) is 0 Å². The van der Waals surface area contributed by atoms with Crippen LogP contribution in [-0.2, 0) is 6.54 Å². The average molecular weight is 381 g/mol. The number of benzene rings is 1. The molecule has 3 aliphatic rings. The zero-order chi connectivity index (χ0) is 19.3. The summed E-state index contributed by atoms with van der Waals surface area (Å²) in [5.41, 5.74) is 1.85. The zero-order valence-electron chi connectivity index (χ0n) is 16.0. The second-order valence-electron chi connectivity index (χ2n) is 7.65. The van der Waals surface area contributed by atoms with Gasteiger partial charge in [0, 0.05) is 55.7 Å². The molecular weight excluding hydrogens is 354 g/mol. The minimum Gasteiger partial charge on any atom is -0.491 e. The Kier molecular flexibility index (Phi) is 5.88. The molecule has 1 amide bonds. The molecular formula is C22H27N3O3. The Morgan fingerprint density at radius 3 is 2.75 bits per heavy atom. The Bertz CT molecular complexity index is 799. The van der Waals surface area contributed by atoms with E-state index in [1.165, 1.54) is 6.42 Å². The van der Waals surface area contributed by atoms with Crippen LogP contribution in [0.4, 0.5) is 0 Å². The maximum atomic E-state index is 12.9. The second kappa shape index (κ2) is 8.71. The van der Waals surface area contributed by atoms with Gasteiger partial charge in [0.25, 0.3) is 5.91 Å². The van der Waals surface area contributed by atoms with E-state index in [2.05, 4.69) is 16.0 Å². The molecule has 6 heteroatoms. The molecule has 6 nitrogen and oxygen atoms in total. The molecule has 1 aromatic heterocycles. The van der Waals surface area contributed by atoms with Crippen molar-refractivity contribution in [3.05, 3.63) is 59.9 Å². The highest BCUT2D eigenvalue weighted by Gasteiger charge is 2.36. The number of carbonyl (C=O) groups is 1. The van der Waals surface area contributed by atoms with E-state index in [4.69, 9.17) is 9.84 Å². The van der Waals surface area contributed by atoms with E-state index in [0.29, 0.717) is 24.1 Å². The molecule has 148 valence electrons. The quantitative estimate of drug-likeness (QED) is 0.831. The molecule has 0 spiro atoms. The van der Waals surface area contributed by atoms with Crippen molar-refractivity contribution >= 4 is 5.91 Å². The summed E-state index contributed by atoms with van der Waals surface area (Å²) in [7, 11) is 0. The van der Waals surface area contributed by atoms with Crippen LogP contribution in [0.1, 0.15) is 28.8 Å². The first-order valence-electron chi connectivity index (χ1n) is 9.99. The van der Waals surface area contributed by atoms with Gasteiger partial charge < -0.3 is 14.7 Å². The zero-order valence-corrected chi connectivity index (χ0v) is 16.0. The van der Waals surface area contributed by atoms with Crippen LogP contribution in [0.25, 0.3) is 0 Å². The van der Waals surface area contributed by atoms with Crippen LogP contribution >= 0.6 is 0 Å². The molecule has 0 saturated carbocycles. The highest BCUT2D eigenvalue weighted by Crippen LogP contribution is 2.31. The van der Waals surface area contributed by atoms with Crippen LogP contribution in [0.5, 0.6) is 5.75 Å². The summed E-state index contributed by atoms with van der Waals surface area (Å²) in [5, 5.41) is 9.06. The van der Waals surface area contributed by atoms with Gasteiger partial charge in [-0.1, -0.05) is 18.2 Å². The van der Waals surface area contributed by atoms with E-state index >= 15 is 0 Å². The smallest absolute Gasteiger partial charge is 0.254 e. The predicted molar refractivity (Wildman–Crippen MR) is 106 cm³/mol. The number of hydrogen-bond donors (Lipinski definition) is 1. The largest absolute Gasteiger partial charge is 0.491 e. The summed E-state index contributed by atoms with van der Waals surface area (Å²) in [6, 6.07) is 12.0. The van der Waals surface area contributed by atoms with Gasteiger partial charge >= 0.3 is 0 Å². The summed E-state index contributed by atoms with van der Waals surface area (Å²) in [6.07, 6.45) is 5.64. The van der Waals surface area contributed by atoms with Crippen molar-refractivity contribution in [2.75, 3.05) is 32.8 Å². The van der Waals surface area contributed by atoms with Crippen LogP contribution in [-0.4, -0.2) is 64.7 Å². The number of amides is 1. The number of carbonyl (C=O) groups excluding carboxylic acids is 1. The molecule has 3 aliphatic heterocycles. The first kappa shape index (κ1) is 18.9. The van der Waals surface area contributed by atoms with Gasteiger partial charge in [-0.2, -0.15) is 0 Å². The van der Waals surface area contributed by atoms with Crippen LogP contribution in [0.2, 0.25) is 0 Å². The van der Waals surface area contributed by atoms with Crippen LogP contribution < -0.4 is 4.74 Å². The number of fused-ring (bicyclic) bond motifs is 4. The number of para-hydroxylation sites is 1. The molecule has 28 heavy (non-hydrogen) atoms. The SMILES string of the molecule is O=C(c1ccncc1)N1C[C@@H]2CC[C@H](C1)N(Cc1ccccc1OCCO)C2. The van der Waals surface area contributed by atoms with Crippen molar-refractivity contribution in [3.63, 3.8) is 0 Å². The molecule has 0 unspecified atom stereocenters. The highest BCUT2D eigenvalue weighted by molar-refractivity contribution is 5.94. The Balaban J connectivity index is 1.48. The Morgan fingerprint density at radius 2 is 1.93 bits per heavy atom. The number of piperidine rings is 1. The van der Waals surface area contributed by atoms with Gasteiger partial charge in [-0.15, -0.1) is 0 Å². The molecule has 3 saturated heterocycles. The number of rotatable bonds is 6. The summed E-state index contributed by atoms with van der Waals surface area (Å²) in [6.45, 7) is 3.69. The number of aromatic nitrogens is 1. The Labute approximate surface area is 165 Å². The van der Waals surface area contributed by atoms with Crippen LogP contribution in [0.15, 0.2) is 48.8 Å². The molecule has 0 radical (unpaired) electrons. The van der Waals surface area contributed by atoms with E-state index in [9.17, 15) is 4.79 Å². The lowest BCUT2D eigenvalue weighted by atomic mass is 9.94. The standard InChI is InChI=1S/C22H27N3O3/c26-11-12-28-21-4-2-1-3-19(21)15-24-13-17-5-6-20(24)16-25(14-17)22(27)18-7-9-23-10-8-18/h1-4,7-10,17,20,26H,5-6,11-16H2/t17-,20-/m1/s1. The van der Waals surface area contributed by atoms with Crippen molar-refractivity contribution < 1.29 is 14.6 Å². The van der Waals surface area contributed by atoms with Gasteiger partial charge in [-0.25, -0.2) is 0 Å². The molecule has 3 fully saturated rings. The number of pyridine rings is 1. The van der Waals surface area contributed by atoms with Gasteiger partial charge in [-0.05, 0) is 37.0 Å². The van der Waals surface area contributed by atoms with Gasteiger partial charge in [0.1, 0.15) is 12.4 Å². The number of aliphatic hydroxyl groups excluding tert-OH is 1. The van der Waals surface area contributed by atoms with E-state index in [1.807, 2.05) is 23.1 Å². The molecule has 1 aromatic carbocycles. The van der Waals surface area contributed by atoms with Crippen molar-refractivity contribution in [2.45, 2.75) is 25.4 Å². The molecule has 2 atom stereocenters. The lowest BCUT2D eigenvalue weighted by Crippen LogP contribution is -2.44. The minimum atomic E-state index is 0.00876. The summed E-state index contributed by atoms with van der Waals surface area (Å²) >= 11 is 0. The molecule has 2 bridgehead atoms. The third-order valence-corrected chi connectivity index (χ3v) is 5.74. The number of nitrogens with zero attached hydrogens (tertiary/aromatic N) is 3. The average Bonchev–Trinajstić information content (AvgIpc) is 3.05. The van der Waals surface area contributed by atoms with Crippen LogP contribution in [0, 0.1) is 5.92 Å². The molecule has 0 aliphatic carbocycles. The van der Waals surface area contributed by atoms with Gasteiger partial charge in [0.05, 0.1) is 6.61 Å². The first-order valence-corrected chi connectivity index (χ1v) is 9.99. The lowest BCUT2D eigenvalue weighted by molar-refractivity contribution is 0.0735. The number of ether oxygens (including phenoxy) is 1. The Hall–Kier alpha value is -2.44. The fourth-order valence-corrected chi connectivity index (χ4v) is 4.37. The molecule has 2 aromatic rings. The van der Waals surface area contributed by atoms with Crippen molar-refractivity contribution in [1.29, 1.82) is 0 Å². The summed E-state index contributed by atoms with van der Waals surface area (Å²) < 4.78 is 5.71. The monoisotopic (exact) mass is 381 g/mol. The lowest BCUT2D eigenvalue weighted by Gasteiger charge is -2.36. The maximum absolute atomic E-state index is 12.9. The first-order chi connectivity index (χ1) is 13.7. The molecule has 1 N–H and O–H groups in total. The normalized spacial score (nSPS) is 22.1. The highest BCUT2D eigenvalue weighted by atomic mass is 16.5. The third-order valence-electron chi connectivity index (χ3n) is 5.74. The second-order valence-corrected chi connectivity index (χ2v) is 7.65. The van der Waals surface area contributed by atoms with Gasteiger partial charge in [-0.3, -0.25) is 14.7 Å². The van der Waals surface area contributed by atoms with E-state index in [-0.39, 0.29) is 12.5 Å². The van der Waals surface area contributed by atoms with Crippen molar-refractivity contribution in [3.8, 4) is 5.75 Å². The fourth-order valence-electron chi connectivity index (χ4n) is 4.37. The summed E-state index contributed by atoms with van der Waals surface area (Å²) in [5.74, 6) is 1.43. The maximum Gasteiger partial charge on any atom is 0.254 e. The van der Waals surface area contributed by atoms with Gasteiger partial charge in [0.15, 0.2) is 0 Å².